The van der Waals surface area contributed by atoms with Gasteiger partial charge in [0.2, 0.25) is 11.8 Å². The van der Waals surface area contributed by atoms with Gasteiger partial charge in [0.15, 0.2) is 0 Å². The maximum absolute atomic E-state index is 12.5. The van der Waals surface area contributed by atoms with Crippen molar-refractivity contribution < 1.29 is 18.4 Å². The molecule has 108 valence electrons. The largest absolute Gasteiger partial charge is 0.288 e. The van der Waals surface area contributed by atoms with Crippen LogP contribution in [0.2, 0.25) is 0 Å². The Bertz CT molecular complexity index is 516. The van der Waals surface area contributed by atoms with E-state index in [0.29, 0.717) is 22.2 Å². The minimum absolute atomic E-state index is 0.0578. The molecule has 0 aliphatic carbocycles. The zero-order chi connectivity index (χ0) is 14.9. The van der Waals surface area contributed by atoms with Crippen molar-refractivity contribution in [2.45, 2.75) is 31.0 Å². The summed E-state index contributed by atoms with van der Waals surface area (Å²) < 4.78 is 25.0. The first-order valence-corrected chi connectivity index (χ1v) is 7.17. The van der Waals surface area contributed by atoms with E-state index < -0.39 is 5.76 Å². The number of nitrogens with zero attached hydrogens (tertiary/aromatic N) is 1. The summed E-state index contributed by atoms with van der Waals surface area (Å²) >= 11 is 0.430. The van der Waals surface area contributed by atoms with Crippen molar-refractivity contribution in [2.24, 2.45) is 11.8 Å². The fourth-order valence-electron chi connectivity index (χ4n) is 2.20. The molecule has 2 atom stereocenters. The van der Waals surface area contributed by atoms with Crippen molar-refractivity contribution in [1.29, 1.82) is 0 Å². The Morgan fingerprint density at radius 3 is 2.25 bits per heavy atom. The van der Waals surface area contributed by atoms with E-state index in [1.54, 1.807) is 38.1 Å². The van der Waals surface area contributed by atoms with Crippen molar-refractivity contribution >= 4 is 23.6 Å². The van der Waals surface area contributed by atoms with E-state index in [2.05, 4.69) is 0 Å². The van der Waals surface area contributed by atoms with Crippen LogP contribution in [0.1, 0.15) is 19.4 Å². The van der Waals surface area contributed by atoms with E-state index in [4.69, 9.17) is 0 Å². The molecule has 0 bridgehead atoms. The molecule has 0 saturated carbocycles. The molecule has 1 aliphatic heterocycles. The van der Waals surface area contributed by atoms with Crippen LogP contribution < -0.4 is 0 Å². The van der Waals surface area contributed by atoms with Crippen molar-refractivity contribution in [3.63, 3.8) is 0 Å². The third-order valence-electron chi connectivity index (χ3n) is 3.58. The molecule has 20 heavy (non-hydrogen) atoms. The maximum Gasteiger partial charge on any atom is 0.288 e. The number of hydrogen-bond acceptors (Lipinski definition) is 3. The van der Waals surface area contributed by atoms with E-state index in [9.17, 15) is 18.4 Å². The Morgan fingerprint density at radius 2 is 1.70 bits per heavy atom. The number of rotatable bonds is 4. The van der Waals surface area contributed by atoms with Crippen LogP contribution in [0.15, 0.2) is 29.2 Å². The zero-order valence-corrected chi connectivity index (χ0v) is 12.0. The van der Waals surface area contributed by atoms with Crippen molar-refractivity contribution in [3.8, 4) is 0 Å². The van der Waals surface area contributed by atoms with Crippen molar-refractivity contribution in [3.05, 3.63) is 29.8 Å². The molecular formula is C14H15F2NO2S. The lowest BCUT2D eigenvalue weighted by Crippen LogP contribution is -2.30. The highest BCUT2D eigenvalue weighted by atomic mass is 32.2. The van der Waals surface area contributed by atoms with Gasteiger partial charge in [-0.05, 0) is 11.6 Å². The van der Waals surface area contributed by atoms with Crippen molar-refractivity contribution in [1.82, 2.24) is 4.90 Å². The van der Waals surface area contributed by atoms with E-state index in [-0.39, 0.29) is 30.2 Å². The predicted octanol–water partition coefficient (Wildman–Crippen LogP) is 3.14. The molecule has 1 fully saturated rings. The van der Waals surface area contributed by atoms with Crippen LogP contribution in [0.4, 0.5) is 8.78 Å². The van der Waals surface area contributed by atoms with Crippen LogP contribution in [0.3, 0.4) is 0 Å². The second-order valence-corrected chi connectivity index (χ2v) is 5.86. The highest BCUT2D eigenvalue weighted by Crippen LogP contribution is 2.32. The number of hydrogen-bond donors (Lipinski definition) is 0. The summed E-state index contributed by atoms with van der Waals surface area (Å²) in [7, 11) is 0. The quantitative estimate of drug-likeness (QED) is 0.633. The average molecular weight is 299 g/mol. The van der Waals surface area contributed by atoms with Gasteiger partial charge in [-0.15, -0.1) is 0 Å². The summed E-state index contributed by atoms with van der Waals surface area (Å²) in [6.45, 7) is 3.48. The molecule has 1 heterocycles. The Hall–Kier alpha value is -1.43. The van der Waals surface area contributed by atoms with Gasteiger partial charge in [-0.1, -0.05) is 43.8 Å². The Morgan fingerprint density at radius 1 is 1.15 bits per heavy atom. The van der Waals surface area contributed by atoms with Gasteiger partial charge < -0.3 is 0 Å². The van der Waals surface area contributed by atoms with Crippen molar-refractivity contribution in [2.75, 3.05) is 0 Å². The van der Waals surface area contributed by atoms with Gasteiger partial charge in [-0.25, -0.2) is 0 Å². The van der Waals surface area contributed by atoms with Crippen LogP contribution in [0.25, 0.3) is 0 Å². The summed E-state index contributed by atoms with van der Waals surface area (Å²) in [6, 6.07) is 6.61. The standard InChI is InChI=1S/C14H15F2NO2S/c1-8-9(2)13(19)17(12(8)18)7-10-5-3-4-6-11(10)20-14(15)16/h3-6,8-9,14H,7H2,1-2H3/t8-,9-/m0/s1. The first-order chi connectivity index (χ1) is 9.41. The zero-order valence-electron chi connectivity index (χ0n) is 11.2. The summed E-state index contributed by atoms with van der Waals surface area (Å²) in [5.41, 5.74) is 0.570. The van der Waals surface area contributed by atoms with Gasteiger partial charge in [0.1, 0.15) is 0 Å². The predicted molar refractivity (Wildman–Crippen MR) is 72.2 cm³/mol. The molecule has 0 aromatic heterocycles. The number of imide groups is 1. The van der Waals surface area contributed by atoms with E-state index in [0.717, 1.165) is 0 Å². The lowest BCUT2D eigenvalue weighted by molar-refractivity contribution is -0.140. The van der Waals surface area contributed by atoms with Crippen LogP contribution in [0.5, 0.6) is 0 Å². The normalized spacial score (nSPS) is 22.9. The van der Waals surface area contributed by atoms with Crippen LogP contribution in [-0.4, -0.2) is 22.5 Å². The monoisotopic (exact) mass is 299 g/mol. The van der Waals surface area contributed by atoms with Gasteiger partial charge in [0.05, 0.1) is 6.54 Å². The fourth-order valence-corrected chi connectivity index (χ4v) is 2.83. The van der Waals surface area contributed by atoms with Crippen LogP contribution in [0, 0.1) is 11.8 Å². The van der Waals surface area contributed by atoms with Gasteiger partial charge in [-0.3, -0.25) is 14.5 Å². The molecule has 3 nitrogen and oxygen atoms in total. The Kier molecular flexibility index (Phi) is 4.42. The number of thioether (sulfide) groups is 1. The fraction of sp³-hybridized carbons (Fsp3) is 0.429. The number of amides is 2. The molecule has 0 N–H and O–H groups in total. The second kappa shape index (κ2) is 5.91. The molecule has 0 radical (unpaired) electrons. The molecule has 0 unspecified atom stereocenters. The first kappa shape index (κ1) is 15.0. The number of likely N-dealkylation sites (tertiary alicyclic amines) is 1. The van der Waals surface area contributed by atoms with E-state index in [1.165, 1.54) is 4.90 Å². The van der Waals surface area contributed by atoms with Gasteiger partial charge >= 0.3 is 0 Å². The summed E-state index contributed by atoms with van der Waals surface area (Å²) in [5.74, 6) is -3.70. The SMILES string of the molecule is C[C@@H]1C(=O)N(Cc2ccccc2SC(F)F)C(=O)[C@H]1C. The molecule has 1 saturated heterocycles. The number of alkyl halides is 2. The number of benzene rings is 1. The Labute approximate surface area is 120 Å². The van der Waals surface area contributed by atoms with Gasteiger partial charge in [0, 0.05) is 16.7 Å². The van der Waals surface area contributed by atoms with Crippen LogP contribution >= 0.6 is 11.8 Å². The molecule has 2 rings (SSSR count). The summed E-state index contributed by atoms with van der Waals surface area (Å²) in [6.07, 6.45) is 0. The molecule has 1 aromatic carbocycles. The molecular weight excluding hydrogens is 284 g/mol. The smallest absolute Gasteiger partial charge is 0.278 e. The highest BCUT2D eigenvalue weighted by Gasteiger charge is 2.42. The third-order valence-corrected chi connectivity index (χ3v) is 4.41. The number of halogens is 2. The number of carbonyl (C=O) groups is 2. The molecule has 0 spiro atoms. The summed E-state index contributed by atoms with van der Waals surface area (Å²) in [4.78, 5) is 25.6. The topological polar surface area (TPSA) is 37.4 Å². The molecule has 1 aromatic rings. The van der Waals surface area contributed by atoms with Gasteiger partial charge in [0.25, 0.3) is 5.76 Å². The molecule has 1 aliphatic rings. The molecule has 6 heteroatoms. The molecule has 2 amide bonds. The summed E-state index contributed by atoms with van der Waals surface area (Å²) in [5, 5.41) is 0. The Balaban J connectivity index is 2.22. The maximum atomic E-state index is 12.5. The van der Waals surface area contributed by atoms with E-state index in [1.807, 2.05) is 0 Å². The number of carbonyl (C=O) groups excluding carboxylic acids is 2. The average Bonchev–Trinajstić information content (AvgIpc) is 2.58. The van der Waals surface area contributed by atoms with Gasteiger partial charge in [-0.2, -0.15) is 8.78 Å². The first-order valence-electron chi connectivity index (χ1n) is 6.29. The second-order valence-electron chi connectivity index (χ2n) is 4.83. The van der Waals surface area contributed by atoms with Crippen LogP contribution in [-0.2, 0) is 16.1 Å². The minimum Gasteiger partial charge on any atom is -0.278 e. The lowest BCUT2D eigenvalue weighted by atomic mass is 10.00. The minimum atomic E-state index is -2.53. The highest BCUT2D eigenvalue weighted by molar-refractivity contribution is 7.99. The third kappa shape index (κ3) is 2.85. The van der Waals surface area contributed by atoms with E-state index >= 15 is 0 Å². The lowest BCUT2D eigenvalue weighted by Gasteiger charge is -2.17.